The molecule has 5 rings (SSSR count). The standard InChI is InChI=1S/C20H33NO7/c1-12-6-7-15-13(2)16(24-11-10-23-14(3)22)25-17-20(15)19(12,21-5)9-8-18(4,26-17)27-28-20/h12-13,15-17,21H,6-11H2,1-5H3/t12-,13-,15+,16-,17-,18-,19-,20-/m1/s1. The molecule has 1 spiro atoms. The third kappa shape index (κ3) is 2.84. The third-order valence-corrected chi connectivity index (χ3v) is 7.47. The lowest BCUT2D eigenvalue weighted by atomic mass is 9.54. The number of carbonyl (C=O) groups is 1. The first-order valence-electron chi connectivity index (χ1n) is 10.4. The fourth-order valence-corrected chi connectivity index (χ4v) is 5.95. The van der Waals surface area contributed by atoms with Crippen LogP contribution in [0.5, 0.6) is 0 Å². The highest BCUT2D eigenvalue weighted by Gasteiger charge is 2.75. The second-order valence-corrected chi connectivity index (χ2v) is 8.92. The van der Waals surface area contributed by atoms with Gasteiger partial charge in [0.25, 0.3) is 0 Å². The molecule has 4 aliphatic heterocycles. The summed E-state index contributed by atoms with van der Waals surface area (Å²) in [6.45, 7) is 8.18. The predicted molar refractivity (Wildman–Crippen MR) is 97.7 cm³/mol. The molecule has 1 aliphatic carbocycles. The Kier molecular flexibility index (Phi) is 5.26. The summed E-state index contributed by atoms with van der Waals surface area (Å²) in [7, 11) is 2.00. The molecule has 8 nitrogen and oxygen atoms in total. The quantitative estimate of drug-likeness (QED) is 0.428. The van der Waals surface area contributed by atoms with Gasteiger partial charge in [0.05, 0.1) is 12.1 Å². The van der Waals surface area contributed by atoms with Gasteiger partial charge >= 0.3 is 5.97 Å². The molecule has 4 saturated heterocycles. The van der Waals surface area contributed by atoms with Crippen LogP contribution in [0.15, 0.2) is 0 Å². The van der Waals surface area contributed by atoms with E-state index in [-0.39, 0.29) is 36.6 Å². The Morgan fingerprint density at radius 1 is 1.18 bits per heavy atom. The van der Waals surface area contributed by atoms with Crippen LogP contribution in [0, 0.1) is 17.8 Å². The molecule has 0 radical (unpaired) electrons. The van der Waals surface area contributed by atoms with Crippen molar-refractivity contribution in [1.82, 2.24) is 5.32 Å². The van der Waals surface area contributed by atoms with Crippen LogP contribution >= 0.6 is 0 Å². The minimum atomic E-state index is -0.843. The van der Waals surface area contributed by atoms with E-state index >= 15 is 0 Å². The molecule has 160 valence electrons. The summed E-state index contributed by atoms with van der Waals surface area (Å²) in [5.74, 6) is -0.548. The Labute approximate surface area is 166 Å². The monoisotopic (exact) mass is 399 g/mol. The number of hydrogen-bond donors (Lipinski definition) is 1. The van der Waals surface area contributed by atoms with Crippen molar-refractivity contribution >= 4 is 5.97 Å². The summed E-state index contributed by atoms with van der Waals surface area (Å²) in [6.07, 6.45) is 2.64. The van der Waals surface area contributed by atoms with Crippen LogP contribution < -0.4 is 5.32 Å². The molecule has 0 aromatic carbocycles. The second kappa shape index (κ2) is 7.18. The van der Waals surface area contributed by atoms with Gasteiger partial charge in [-0.05, 0) is 39.2 Å². The first kappa shape index (κ1) is 20.5. The lowest BCUT2D eigenvalue weighted by Crippen LogP contribution is -2.80. The minimum Gasteiger partial charge on any atom is -0.463 e. The molecular formula is C20H33NO7. The molecule has 0 amide bonds. The van der Waals surface area contributed by atoms with Gasteiger partial charge in [-0.25, -0.2) is 9.78 Å². The first-order valence-corrected chi connectivity index (χ1v) is 10.4. The summed E-state index contributed by atoms with van der Waals surface area (Å²) < 4.78 is 23.7. The highest BCUT2D eigenvalue weighted by Crippen LogP contribution is 2.62. The number of rotatable bonds is 5. The molecule has 5 aliphatic rings. The van der Waals surface area contributed by atoms with Crippen molar-refractivity contribution in [2.45, 2.75) is 82.9 Å². The minimum absolute atomic E-state index is 0.0726. The molecule has 0 aromatic heterocycles. The fraction of sp³-hybridized carbons (Fsp3) is 0.950. The smallest absolute Gasteiger partial charge is 0.302 e. The molecule has 0 unspecified atom stereocenters. The third-order valence-electron chi connectivity index (χ3n) is 7.47. The van der Waals surface area contributed by atoms with Gasteiger partial charge < -0.3 is 24.3 Å². The SMILES string of the molecule is CN[C@@]12CC[C@@]3(C)OO[C@]14[C@H](O[C@@H](OCCOC(C)=O)[C@H](C)[C@@H]4CC[C@H]2C)O3. The van der Waals surface area contributed by atoms with Gasteiger partial charge in [0, 0.05) is 25.2 Å². The number of carbonyl (C=O) groups excluding carboxylic acids is 1. The highest BCUT2D eigenvalue weighted by molar-refractivity contribution is 5.65. The van der Waals surface area contributed by atoms with Gasteiger partial charge in [0.1, 0.15) is 6.61 Å². The summed E-state index contributed by atoms with van der Waals surface area (Å²) in [6, 6.07) is 0. The molecule has 5 fully saturated rings. The number of hydrogen-bond acceptors (Lipinski definition) is 8. The molecular weight excluding hydrogens is 366 g/mol. The van der Waals surface area contributed by atoms with E-state index in [9.17, 15) is 4.79 Å². The zero-order valence-electron chi connectivity index (χ0n) is 17.5. The van der Waals surface area contributed by atoms with E-state index in [4.69, 9.17) is 28.7 Å². The Morgan fingerprint density at radius 3 is 2.68 bits per heavy atom. The molecule has 28 heavy (non-hydrogen) atoms. The van der Waals surface area contributed by atoms with Crippen LogP contribution in [0.1, 0.15) is 53.4 Å². The Bertz CT molecular complexity index is 617. The van der Waals surface area contributed by atoms with Crippen molar-refractivity contribution in [1.29, 1.82) is 0 Å². The zero-order valence-corrected chi connectivity index (χ0v) is 17.5. The topological polar surface area (TPSA) is 84.5 Å². The van der Waals surface area contributed by atoms with Gasteiger partial charge in [-0.2, -0.15) is 0 Å². The van der Waals surface area contributed by atoms with Crippen molar-refractivity contribution < 1.29 is 33.5 Å². The lowest BCUT2D eigenvalue weighted by Gasteiger charge is -2.64. The van der Waals surface area contributed by atoms with Gasteiger partial charge in [-0.15, -0.1) is 0 Å². The maximum atomic E-state index is 11.0. The molecule has 1 saturated carbocycles. The second-order valence-electron chi connectivity index (χ2n) is 8.92. The Morgan fingerprint density at radius 2 is 1.96 bits per heavy atom. The largest absolute Gasteiger partial charge is 0.463 e. The number of nitrogens with one attached hydrogen (secondary N) is 1. The van der Waals surface area contributed by atoms with Gasteiger partial charge in [-0.3, -0.25) is 4.79 Å². The van der Waals surface area contributed by atoms with E-state index < -0.39 is 24.0 Å². The van der Waals surface area contributed by atoms with Crippen molar-refractivity contribution in [3.63, 3.8) is 0 Å². The number of esters is 1. The fourth-order valence-electron chi connectivity index (χ4n) is 5.95. The molecule has 1 N–H and O–H groups in total. The lowest BCUT2D eigenvalue weighted by molar-refractivity contribution is -0.579. The van der Waals surface area contributed by atoms with Gasteiger partial charge in [0.15, 0.2) is 18.2 Å². The van der Waals surface area contributed by atoms with Crippen LogP contribution in [-0.4, -0.2) is 55.7 Å². The van der Waals surface area contributed by atoms with Crippen LogP contribution in [-0.2, 0) is 33.5 Å². The Hall–Kier alpha value is -0.770. The van der Waals surface area contributed by atoms with E-state index in [0.29, 0.717) is 5.92 Å². The summed E-state index contributed by atoms with van der Waals surface area (Å²) >= 11 is 0. The van der Waals surface area contributed by atoms with E-state index in [0.717, 1.165) is 25.7 Å². The molecule has 4 heterocycles. The molecule has 8 atom stereocenters. The zero-order chi connectivity index (χ0) is 20.2. The highest BCUT2D eigenvalue weighted by atomic mass is 17.3. The van der Waals surface area contributed by atoms with Crippen LogP contribution in [0.25, 0.3) is 0 Å². The predicted octanol–water partition coefficient (Wildman–Crippen LogP) is 2.12. The van der Waals surface area contributed by atoms with Crippen molar-refractivity contribution in [2.24, 2.45) is 17.8 Å². The Balaban J connectivity index is 1.63. The average Bonchev–Trinajstić information content (AvgIpc) is 2.86. The molecule has 2 bridgehead atoms. The maximum absolute atomic E-state index is 11.0. The van der Waals surface area contributed by atoms with E-state index in [1.807, 2.05) is 14.0 Å². The van der Waals surface area contributed by atoms with Gasteiger partial charge in [0.2, 0.25) is 5.79 Å². The van der Waals surface area contributed by atoms with Crippen molar-refractivity contribution in [3.05, 3.63) is 0 Å². The normalized spacial score (nSPS) is 50.0. The number of fused-ring (bicyclic) bond motifs is 2. The van der Waals surface area contributed by atoms with E-state index in [2.05, 4.69) is 19.2 Å². The van der Waals surface area contributed by atoms with Gasteiger partial charge in [-0.1, -0.05) is 13.8 Å². The molecule has 8 heteroatoms. The summed E-state index contributed by atoms with van der Waals surface area (Å²) in [5.41, 5.74) is -1.03. The average molecular weight is 399 g/mol. The van der Waals surface area contributed by atoms with E-state index in [1.54, 1.807) is 0 Å². The van der Waals surface area contributed by atoms with Crippen LogP contribution in [0.4, 0.5) is 0 Å². The summed E-state index contributed by atoms with van der Waals surface area (Å²) in [4.78, 5) is 23.1. The summed E-state index contributed by atoms with van der Waals surface area (Å²) in [5, 5.41) is 3.61. The van der Waals surface area contributed by atoms with Crippen molar-refractivity contribution in [2.75, 3.05) is 20.3 Å². The number of likely N-dealkylation sites (N-methyl/N-ethyl adjacent to an activating group) is 1. The van der Waals surface area contributed by atoms with Crippen molar-refractivity contribution in [3.8, 4) is 0 Å². The first-order chi connectivity index (χ1) is 13.3. The van der Waals surface area contributed by atoms with Crippen LogP contribution in [0.3, 0.4) is 0 Å². The molecule has 0 aromatic rings. The number of ether oxygens (including phenoxy) is 4. The van der Waals surface area contributed by atoms with E-state index in [1.165, 1.54) is 6.92 Å². The maximum Gasteiger partial charge on any atom is 0.302 e. The van der Waals surface area contributed by atoms with Crippen LogP contribution in [0.2, 0.25) is 0 Å².